The minimum absolute atomic E-state index is 0.493. The maximum atomic E-state index is 12.5. The SMILES string of the molecule is CC[C@@]1(C2C(=O)OC(C)(C)OC2=O)CCCc2occc21. The third kappa shape index (κ3) is 2.06. The Labute approximate surface area is 123 Å². The first-order chi connectivity index (χ1) is 9.89. The molecule has 0 radical (unpaired) electrons. The molecule has 1 aromatic heterocycles. The van der Waals surface area contributed by atoms with Gasteiger partial charge in [0.05, 0.1) is 6.26 Å². The molecule has 1 fully saturated rings. The first kappa shape index (κ1) is 14.2. The van der Waals surface area contributed by atoms with Crippen LogP contribution in [0.1, 0.15) is 51.4 Å². The van der Waals surface area contributed by atoms with Crippen LogP contribution < -0.4 is 0 Å². The van der Waals surface area contributed by atoms with Gasteiger partial charge in [0, 0.05) is 31.2 Å². The molecule has 0 unspecified atom stereocenters. The number of ether oxygens (including phenoxy) is 2. The zero-order valence-corrected chi connectivity index (χ0v) is 12.6. The van der Waals surface area contributed by atoms with Gasteiger partial charge < -0.3 is 13.9 Å². The van der Waals surface area contributed by atoms with Gasteiger partial charge in [-0.15, -0.1) is 0 Å². The Bertz CT molecular complexity index is 565. The van der Waals surface area contributed by atoms with E-state index in [0.717, 1.165) is 30.6 Å². The number of fused-ring (bicyclic) bond motifs is 1. The highest BCUT2D eigenvalue weighted by Gasteiger charge is 2.56. The van der Waals surface area contributed by atoms with Crippen LogP contribution in [-0.2, 0) is 30.9 Å². The summed E-state index contributed by atoms with van der Waals surface area (Å²) >= 11 is 0. The molecule has 1 aliphatic heterocycles. The van der Waals surface area contributed by atoms with Crippen molar-refractivity contribution in [2.45, 2.75) is 57.7 Å². The third-order valence-electron chi connectivity index (χ3n) is 4.66. The Balaban J connectivity index is 2.06. The Morgan fingerprint density at radius 2 is 1.90 bits per heavy atom. The van der Waals surface area contributed by atoms with Crippen molar-refractivity contribution in [2.24, 2.45) is 5.92 Å². The normalized spacial score (nSPS) is 28.7. The summed E-state index contributed by atoms with van der Waals surface area (Å²) in [5.74, 6) is -2.21. The summed E-state index contributed by atoms with van der Waals surface area (Å²) in [7, 11) is 0. The van der Waals surface area contributed by atoms with E-state index in [-0.39, 0.29) is 0 Å². The van der Waals surface area contributed by atoms with Crippen LogP contribution in [0.4, 0.5) is 0 Å². The van der Waals surface area contributed by atoms with Gasteiger partial charge in [-0.05, 0) is 25.3 Å². The molecule has 0 N–H and O–H groups in total. The molecule has 114 valence electrons. The second-order valence-corrected chi connectivity index (χ2v) is 6.30. The summed E-state index contributed by atoms with van der Waals surface area (Å²) in [6.45, 7) is 5.13. The highest BCUT2D eigenvalue weighted by molar-refractivity contribution is 5.98. The van der Waals surface area contributed by atoms with E-state index in [1.807, 2.05) is 13.0 Å². The lowest BCUT2D eigenvalue weighted by atomic mass is 9.62. The fourth-order valence-electron chi connectivity index (χ4n) is 3.72. The molecule has 5 heteroatoms. The summed E-state index contributed by atoms with van der Waals surface area (Å²) in [4.78, 5) is 24.9. The predicted octanol–water partition coefficient (Wildman–Crippen LogP) is 2.72. The zero-order chi connectivity index (χ0) is 15.3. The average molecular weight is 292 g/mol. The average Bonchev–Trinajstić information content (AvgIpc) is 2.85. The molecule has 1 aliphatic carbocycles. The van der Waals surface area contributed by atoms with Crippen molar-refractivity contribution in [3.05, 3.63) is 23.7 Å². The molecule has 1 saturated heterocycles. The quantitative estimate of drug-likeness (QED) is 0.619. The maximum absolute atomic E-state index is 12.5. The Kier molecular flexibility index (Phi) is 3.11. The lowest BCUT2D eigenvalue weighted by Gasteiger charge is -2.44. The van der Waals surface area contributed by atoms with Crippen molar-refractivity contribution in [1.29, 1.82) is 0 Å². The van der Waals surface area contributed by atoms with Gasteiger partial charge in [-0.2, -0.15) is 0 Å². The zero-order valence-electron chi connectivity index (χ0n) is 12.6. The van der Waals surface area contributed by atoms with Crippen molar-refractivity contribution in [1.82, 2.24) is 0 Å². The highest BCUT2D eigenvalue weighted by atomic mass is 16.7. The fraction of sp³-hybridized carbons (Fsp3) is 0.625. The maximum Gasteiger partial charge on any atom is 0.324 e. The van der Waals surface area contributed by atoms with Gasteiger partial charge in [0.25, 0.3) is 5.79 Å². The van der Waals surface area contributed by atoms with Gasteiger partial charge in [-0.3, -0.25) is 9.59 Å². The molecule has 5 nitrogen and oxygen atoms in total. The molecule has 0 amide bonds. The van der Waals surface area contributed by atoms with Gasteiger partial charge in [0.15, 0.2) is 5.92 Å². The van der Waals surface area contributed by atoms with Crippen molar-refractivity contribution < 1.29 is 23.5 Å². The first-order valence-corrected chi connectivity index (χ1v) is 7.42. The van der Waals surface area contributed by atoms with Crippen LogP contribution in [0.3, 0.4) is 0 Å². The molecule has 2 heterocycles. The monoisotopic (exact) mass is 292 g/mol. The summed E-state index contributed by atoms with van der Waals surface area (Å²) in [5.41, 5.74) is 0.375. The number of carbonyl (C=O) groups excluding carboxylic acids is 2. The number of furan rings is 1. The molecule has 2 aliphatic rings. The summed E-state index contributed by atoms with van der Waals surface area (Å²) in [6.07, 6.45) is 4.77. The van der Waals surface area contributed by atoms with E-state index in [1.165, 1.54) is 0 Å². The molecular formula is C16H20O5. The van der Waals surface area contributed by atoms with Crippen LogP contribution in [0.2, 0.25) is 0 Å². The van der Waals surface area contributed by atoms with Crippen LogP contribution in [0.15, 0.2) is 16.7 Å². The fourth-order valence-corrected chi connectivity index (χ4v) is 3.72. The second kappa shape index (κ2) is 4.61. The van der Waals surface area contributed by atoms with Gasteiger partial charge in [-0.25, -0.2) is 0 Å². The summed E-state index contributed by atoms with van der Waals surface area (Å²) in [5, 5.41) is 0. The number of esters is 2. The van der Waals surface area contributed by atoms with E-state index in [1.54, 1.807) is 20.1 Å². The molecule has 0 spiro atoms. The lowest BCUT2D eigenvalue weighted by molar-refractivity contribution is -0.244. The Hall–Kier alpha value is -1.78. The smallest absolute Gasteiger partial charge is 0.324 e. The van der Waals surface area contributed by atoms with Crippen LogP contribution in [0, 0.1) is 5.92 Å². The standard InChI is InChI=1S/C16H20O5/c1-4-16(8-5-6-11-10(16)7-9-19-11)12-13(17)20-15(2,3)21-14(12)18/h7,9,12H,4-6,8H2,1-3H3/t16-/m1/s1. The van der Waals surface area contributed by atoms with Crippen LogP contribution >= 0.6 is 0 Å². The number of rotatable bonds is 2. The number of cyclic esters (lactones) is 2. The molecule has 0 bridgehead atoms. The Morgan fingerprint density at radius 1 is 1.24 bits per heavy atom. The van der Waals surface area contributed by atoms with E-state index >= 15 is 0 Å². The van der Waals surface area contributed by atoms with Crippen molar-refractivity contribution >= 4 is 11.9 Å². The number of carbonyl (C=O) groups is 2. The molecular weight excluding hydrogens is 272 g/mol. The molecule has 3 rings (SSSR count). The minimum atomic E-state index is -1.19. The van der Waals surface area contributed by atoms with E-state index in [9.17, 15) is 9.59 Å². The number of hydrogen-bond acceptors (Lipinski definition) is 5. The van der Waals surface area contributed by atoms with Gasteiger partial charge in [0.2, 0.25) is 0 Å². The van der Waals surface area contributed by atoms with Crippen LogP contribution in [-0.4, -0.2) is 17.7 Å². The van der Waals surface area contributed by atoms with Gasteiger partial charge in [-0.1, -0.05) is 6.92 Å². The van der Waals surface area contributed by atoms with Gasteiger partial charge in [0.1, 0.15) is 5.76 Å². The third-order valence-corrected chi connectivity index (χ3v) is 4.66. The molecule has 1 atom stereocenters. The van der Waals surface area contributed by atoms with Crippen molar-refractivity contribution in [2.75, 3.05) is 0 Å². The first-order valence-electron chi connectivity index (χ1n) is 7.42. The van der Waals surface area contributed by atoms with Crippen molar-refractivity contribution in [3.63, 3.8) is 0 Å². The minimum Gasteiger partial charge on any atom is -0.469 e. The van der Waals surface area contributed by atoms with Crippen LogP contribution in [0.25, 0.3) is 0 Å². The second-order valence-electron chi connectivity index (χ2n) is 6.30. The molecule has 1 aromatic rings. The van der Waals surface area contributed by atoms with E-state index in [2.05, 4.69) is 0 Å². The molecule has 21 heavy (non-hydrogen) atoms. The van der Waals surface area contributed by atoms with Gasteiger partial charge >= 0.3 is 11.9 Å². The van der Waals surface area contributed by atoms with E-state index in [4.69, 9.17) is 13.9 Å². The molecule has 0 aromatic carbocycles. The van der Waals surface area contributed by atoms with Crippen molar-refractivity contribution in [3.8, 4) is 0 Å². The topological polar surface area (TPSA) is 65.7 Å². The van der Waals surface area contributed by atoms with Crippen LogP contribution in [0.5, 0.6) is 0 Å². The summed E-state index contributed by atoms with van der Waals surface area (Å²) in [6, 6.07) is 1.87. The number of aryl methyl sites for hydroxylation is 1. The highest BCUT2D eigenvalue weighted by Crippen LogP contribution is 2.48. The largest absolute Gasteiger partial charge is 0.469 e. The lowest BCUT2D eigenvalue weighted by Crippen LogP contribution is -2.55. The predicted molar refractivity (Wildman–Crippen MR) is 73.4 cm³/mol. The van der Waals surface area contributed by atoms with E-state index in [0.29, 0.717) is 6.42 Å². The molecule has 0 saturated carbocycles. The summed E-state index contributed by atoms with van der Waals surface area (Å²) < 4.78 is 16.1. The Morgan fingerprint density at radius 3 is 2.52 bits per heavy atom. The number of hydrogen-bond donors (Lipinski definition) is 0. The van der Waals surface area contributed by atoms with E-state index < -0.39 is 29.1 Å².